The van der Waals surface area contributed by atoms with Gasteiger partial charge < -0.3 is 19.5 Å². The van der Waals surface area contributed by atoms with Crippen molar-refractivity contribution < 1.29 is 27.4 Å². The fraction of sp³-hybridized carbons (Fsp3) is 0.136. The number of carbonyl (C=O) groups is 1. The van der Waals surface area contributed by atoms with Crippen LogP contribution in [0.2, 0.25) is 0 Å². The number of alkyl halides is 3. The Morgan fingerprint density at radius 2 is 1.68 bits per heavy atom. The summed E-state index contributed by atoms with van der Waals surface area (Å²) in [5.74, 6) is 0.737. The van der Waals surface area contributed by atoms with Crippen molar-refractivity contribution >= 4 is 29.2 Å². The third kappa shape index (κ3) is 5.85. The fourth-order valence-corrected chi connectivity index (χ4v) is 3.28. The first-order valence-corrected chi connectivity index (χ1v) is 9.85. The standard InChI is InChI=1S/C22H19F3N2O3S/c1-29-17-8-11-19(20(13-17)30-2)26-21(28)14-6-9-18(10-7-14)31-27-16-5-3-4-15(12-16)22(23,24)25/h3-13,27H,1-2H3,(H,26,28). The van der Waals surface area contributed by atoms with E-state index in [4.69, 9.17) is 9.47 Å². The minimum atomic E-state index is -4.40. The van der Waals surface area contributed by atoms with Crippen LogP contribution in [0.25, 0.3) is 0 Å². The number of halogens is 3. The minimum absolute atomic E-state index is 0.327. The van der Waals surface area contributed by atoms with Gasteiger partial charge in [-0.3, -0.25) is 4.79 Å². The number of hydrogen-bond acceptors (Lipinski definition) is 5. The summed E-state index contributed by atoms with van der Waals surface area (Å²) in [6.07, 6.45) is -4.40. The molecule has 162 valence electrons. The van der Waals surface area contributed by atoms with Crippen LogP contribution < -0.4 is 19.5 Å². The molecule has 5 nitrogen and oxygen atoms in total. The summed E-state index contributed by atoms with van der Waals surface area (Å²) in [5.41, 5.74) is 0.520. The molecule has 0 heterocycles. The van der Waals surface area contributed by atoms with E-state index in [1.54, 1.807) is 48.5 Å². The zero-order valence-corrected chi connectivity index (χ0v) is 17.4. The van der Waals surface area contributed by atoms with E-state index in [2.05, 4.69) is 10.0 Å². The molecule has 0 saturated heterocycles. The molecule has 0 aromatic heterocycles. The van der Waals surface area contributed by atoms with Gasteiger partial charge in [0, 0.05) is 22.2 Å². The summed E-state index contributed by atoms with van der Waals surface area (Å²) >= 11 is 1.14. The van der Waals surface area contributed by atoms with Gasteiger partial charge in [-0.15, -0.1) is 0 Å². The normalized spacial score (nSPS) is 11.0. The highest BCUT2D eigenvalue weighted by molar-refractivity contribution is 8.00. The van der Waals surface area contributed by atoms with Crippen molar-refractivity contribution in [3.8, 4) is 11.5 Å². The molecule has 0 aliphatic heterocycles. The van der Waals surface area contributed by atoms with Gasteiger partial charge in [0.25, 0.3) is 5.91 Å². The number of carbonyl (C=O) groups excluding carboxylic acids is 1. The number of nitrogens with one attached hydrogen (secondary N) is 2. The van der Waals surface area contributed by atoms with Crippen LogP contribution in [0.5, 0.6) is 11.5 Å². The molecule has 0 fully saturated rings. The van der Waals surface area contributed by atoms with Crippen LogP contribution in [0.4, 0.5) is 24.5 Å². The first kappa shape index (κ1) is 22.4. The average molecular weight is 448 g/mol. The maximum absolute atomic E-state index is 12.8. The number of anilines is 2. The molecule has 2 N–H and O–H groups in total. The average Bonchev–Trinajstić information content (AvgIpc) is 2.78. The van der Waals surface area contributed by atoms with Gasteiger partial charge in [0.1, 0.15) is 11.5 Å². The Bertz CT molecular complexity index is 1060. The zero-order chi connectivity index (χ0) is 22.4. The van der Waals surface area contributed by atoms with E-state index in [0.29, 0.717) is 28.4 Å². The molecule has 0 unspecified atom stereocenters. The molecule has 9 heteroatoms. The second-order valence-electron chi connectivity index (χ2n) is 6.33. The first-order chi connectivity index (χ1) is 14.8. The first-order valence-electron chi connectivity index (χ1n) is 9.03. The lowest BCUT2D eigenvalue weighted by Crippen LogP contribution is -2.12. The predicted octanol–water partition coefficient (Wildman–Crippen LogP) is 6.09. The molecule has 31 heavy (non-hydrogen) atoms. The quantitative estimate of drug-likeness (QED) is 0.428. The van der Waals surface area contributed by atoms with Crippen molar-refractivity contribution in [1.29, 1.82) is 0 Å². The lowest BCUT2D eigenvalue weighted by atomic mass is 10.2. The molecular formula is C22H19F3N2O3S. The predicted molar refractivity (Wildman–Crippen MR) is 115 cm³/mol. The Morgan fingerprint density at radius 1 is 0.935 bits per heavy atom. The molecule has 0 atom stereocenters. The van der Waals surface area contributed by atoms with E-state index in [9.17, 15) is 18.0 Å². The van der Waals surface area contributed by atoms with Crippen LogP contribution >= 0.6 is 11.9 Å². The highest BCUT2D eigenvalue weighted by atomic mass is 32.2. The minimum Gasteiger partial charge on any atom is -0.497 e. The van der Waals surface area contributed by atoms with Crippen LogP contribution in [-0.4, -0.2) is 20.1 Å². The van der Waals surface area contributed by atoms with Gasteiger partial charge in [-0.25, -0.2) is 0 Å². The van der Waals surface area contributed by atoms with Gasteiger partial charge in [0.2, 0.25) is 0 Å². The second kappa shape index (κ2) is 9.65. The highest BCUT2D eigenvalue weighted by Crippen LogP contribution is 2.32. The van der Waals surface area contributed by atoms with Crippen LogP contribution in [-0.2, 0) is 6.18 Å². The number of methoxy groups -OCH3 is 2. The maximum atomic E-state index is 12.8. The van der Waals surface area contributed by atoms with Gasteiger partial charge in [0.15, 0.2) is 0 Å². The van der Waals surface area contributed by atoms with E-state index in [-0.39, 0.29) is 5.91 Å². The smallest absolute Gasteiger partial charge is 0.416 e. The van der Waals surface area contributed by atoms with Crippen molar-refractivity contribution in [2.24, 2.45) is 0 Å². The van der Waals surface area contributed by atoms with Crippen LogP contribution in [0.3, 0.4) is 0 Å². The van der Waals surface area contributed by atoms with Gasteiger partial charge in [0.05, 0.1) is 25.5 Å². The summed E-state index contributed by atoms with van der Waals surface area (Å²) in [6, 6.07) is 16.6. The summed E-state index contributed by atoms with van der Waals surface area (Å²) in [5, 5.41) is 2.78. The van der Waals surface area contributed by atoms with Crippen molar-refractivity contribution in [3.63, 3.8) is 0 Å². The largest absolute Gasteiger partial charge is 0.497 e. The van der Waals surface area contributed by atoms with Crippen molar-refractivity contribution in [2.45, 2.75) is 11.1 Å². The molecular weight excluding hydrogens is 429 g/mol. The van der Waals surface area contributed by atoms with Gasteiger partial charge >= 0.3 is 6.18 Å². The van der Waals surface area contributed by atoms with Gasteiger partial charge in [-0.05, 0) is 66.5 Å². The summed E-state index contributed by atoms with van der Waals surface area (Å²) in [7, 11) is 3.03. The number of ether oxygens (including phenoxy) is 2. The molecule has 0 saturated carbocycles. The highest BCUT2D eigenvalue weighted by Gasteiger charge is 2.30. The number of hydrogen-bond donors (Lipinski definition) is 2. The zero-order valence-electron chi connectivity index (χ0n) is 16.6. The number of amides is 1. The lowest BCUT2D eigenvalue weighted by molar-refractivity contribution is -0.137. The molecule has 0 spiro atoms. The summed E-state index contributed by atoms with van der Waals surface area (Å²) in [4.78, 5) is 13.3. The molecule has 0 radical (unpaired) electrons. The van der Waals surface area contributed by atoms with E-state index in [0.717, 1.165) is 29.0 Å². The van der Waals surface area contributed by atoms with Crippen LogP contribution in [0.15, 0.2) is 71.6 Å². The molecule has 3 aromatic rings. The maximum Gasteiger partial charge on any atom is 0.416 e. The van der Waals surface area contributed by atoms with E-state index in [1.807, 2.05) is 0 Å². The molecule has 0 aliphatic rings. The summed E-state index contributed by atoms with van der Waals surface area (Å²) < 4.78 is 51.7. The SMILES string of the molecule is COc1ccc(NC(=O)c2ccc(SNc3cccc(C(F)(F)F)c3)cc2)c(OC)c1. The van der Waals surface area contributed by atoms with Crippen LogP contribution in [0.1, 0.15) is 15.9 Å². The Balaban J connectivity index is 1.63. The van der Waals surface area contributed by atoms with Gasteiger partial charge in [-0.2, -0.15) is 13.2 Å². The third-order valence-corrected chi connectivity index (χ3v) is 5.10. The van der Waals surface area contributed by atoms with E-state index >= 15 is 0 Å². The molecule has 0 bridgehead atoms. The molecule has 0 aliphatic carbocycles. The summed E-state index contributed by atoms with van der Waals surface area (Å²) in [6.45, 7) is 0. The number of benzene rings is 3. The number of rotatable bonds is 7. The van der Waals surface area contributed by atoms with Gasteiger partial charge in [-0.1, -0.05) is 6.07 Å². The second-order valence-corrected chi connectivity index (χ2v) is 7.21. The Hall–Kier alpha value is -3.33. The molecule has 3 aromatic carbocycles. The fourth-order valence-electron chi connectivity index (χ4n) is 2.65. The Kier molecular flexibility index (Phi) is 6.96. The van der Waals surface area contributed by atoms with E-state index in [1.165, 1.54) is 20.3 Å². The van der Waals surface area contributed by atoms with Crippen molar-refractivity contribution in [1.82, 2.24) is 0 Å². The lowest BCUT2D eigenvalue weighted by Gasteiger charge is -2.12. The monoisotopic (exact) mass is 448 g/mol. The third-order valence-electron chi connectivity index (χ3n) is 4.25. The van der Waals surface area contributed by atoms with E-state index < -0.39 is 11.7 Å². The van der Waals surface area contributed by atoms with Crippen molar-refractivity contribution in [3.05, 3.63) is 77.9 Å². The molecule has 1 amide bonds. The Morgan fingerprint density at radius 3 is 2.32 bits per heavy atom. The topological polar surface area (TPSA) is 59.6 Å². The van der Waals surface area contributed by atoms with Crippen LogP contribution in [0, 0.1) is 0 Å². The van der Waals surface area contributed by atoms with Crippen molar-refractivity contribution in [2.75, 3.05) is 24.3 Å². The molecule has 3 rings (SSSR count). The Labute approximate surface area is 181 Å².